The number of ketones is 1. The maximum atomic E-state index is 12.7. The van der Waals surface area contributed by atoms with E-state index >= 15 is 0 Å². The molecule has 0 bridgehead atoms. The van der Waals surface area contributed by atoms with Crippen molar-refractivity contribution in [3.05, 3.63) is 17.3 Å². The first-order valence-corrected chi connectivity index (χ1v) is 11.0. The summed E-state index contributed by atoms with van der Waals surface area (Å²) >= 11 is 0.782. The number of aromatic nitrogens is 2. The Morgan fingerprint density at radius 1 is 1.39 bits per heavy atom. The number of fused-ring (bicyclic) bond motifs is 1. The van der Waals surface area contributed by atoms with Crippen molar-refractivity contribution in [2.24, 2.45) is 11.1 Å². The van der Waals surface area contributed by atoms with Crippen LogP contribution in [-0.4, -0.2) is 69.8 Å². The van der Waals surface area contributed by atoms with Gasteiger partial charge in [-0.25, -0.2) is 4.79 Å². The molecule has 2 atom stereocenters. The number of nitrogens with zero attached hydrogens (tertiary/aromatic N) is 4. The van der Waals surface area contributed by atoms with Gasteiger partial charge in [-0.2, -0.15) is 30.9 Å². The number of carboxylic acid groups (broad SMARTS) is 1. The zero-order chi connectivity index (χ0) is 24.7. The average Bonchev–Trinajstić information content (AvgIpc) is 3.14. The number of carbonyl (C=O) groups is 3. The van der Waals surface area contributed by atoms with Gasteiger partial charge in [0.25, 0.3) is 0 Å². The Balaban J connectivity index is 1.83. The molecule has 2 aliphatic heterocycles. The van der Waals surface area contributed by atoms with Gasteiger partial charge in [0.1, 0.15) is 7.11 Å². The van der Waals surface area contributed by atoms with E-state index in [1.807, 2.05) is 0 Å². The topological polar surface area (TPSA) is 191 Å². The van der Waals surface area contributed by atoms with Crippen LogP contribution in [0.3, 0.4) is 0 Å². The van der Waals surface area contributed by atoms with Gasteiger partial charge in [0.05, 0.1) is 5.92 Å². The summed E-state index contributed by atoms with van der Waals surface area (Å²) in [6.45, 7) is 0. The third-order valence-corrected chi connectivity index (χ3v) is 6.25. The van der Waals surface area contributed by atoms with Gasteiger partial charge in [-0.3, -0.25) is 14.5 Å². The molecule has 0 aromatic carbocycles. The number of halogens is 3. The van der Waals surface area contributed by atoms with Crippen LogP contribution in [0.5, 0.6) is 0 Å². The number of anilines is 1. The molecule has 3 rings (SSSR count). The summed E-state index contributed by atoms with van der Waals surface area (Å²) in [5, 5.41) is 13.0. The Kier molecular flexibility index (Phi) is 6.33. The molecule has 13 nitrogen and oxygen atoms in total. The number of alkyl halides is 3. The Labute approximate surface area is 186 Å². The van der Waals surface area contributed by atoms with Gasteiger partial charge in [-0.15, -0.1) is 0 Å². The van der Waals surface area contributed by atoms with Crippen molar-refractivity contribution in [2.75, 3.05) is 12.8 Å². The van der Waals surface area contributed by atoms with Gasteiger partial charge in [0.15, 0.2) is 28.1 Å². The lowest BCUT2D eigenvalue weighted by atomic mass is 9.77. The minimum Gasteiger partial charge on any atom is -0.476 e. The lowest BCUT2D eigenvalue weighted by molar-refractivity contribution is -0.160. The van der Waals surface area contributed by atoms with Crippen molar-refractivity contribution in [3.8, 4) is 0 Å². The molecule has 1 aromatic heterocycles. The second kappa shape index (κ2) is 8.58. The number of carboxylic acids is 1. The molecule has 3 heterocycles. The van der Waals surface area contributed by atoms with E-state index in [1.165, 1.54) is 0 Å². The summed E-state index contributed by atoms with van der Waals surface area (Å²) in [5.41, 5.74) is -1.68. The van der Waals surface area contributed by atoms with E-state index in [4.69, 9.17) is 5.73 Å². The SMILES string of the molecule is CO/N=C(\C(=O)C[C@@H]1C(=O)N2C(C(=O)O)=C(OS(=O)(=O)C(F)(F)F)CC[C@H]12)c1nsc(N)n1. The van der Waals surface area contributed by atoms with Crippen LogP contribution in [0.1, 0.15) is 25.1 Å². The van der Waals surface area contributed by atoms with Crippen LogP contribution in [-0.2, 0) is 33.5 Å². The van der Waals surface area contributed by atoms with Crippen LogP contribution in [0.25, 0.3) is 0 Å². The molecule has 0 aliphatic carbocycles. The zero-order valence-corrected chi connectivity index (χ0v) is 18.0. The molecule has 0 saturated carbocycles. The summed E-state index contributed by atoms with van der Waals surface area (Å²) in [5.74, 6) is -5.73. The lowest BCUT2D eigenvalue weighted by Gasteiger charge is -2.49. The molecule has 18 heteroatoms. The van der Waals surface area contributed by atoms with Crippen LogP contribution in [0.2, 0.25) is 0 Å². The van der Waals surface area contributed by atoms with Crippen molar-refractivity contribution < 1.29 is 50.1 Å². The minimum atomic E-state index is -6.14. The Morgan fingerprint density at radius 2 is 2.06 bits per heavy atom. The highest BCUT2D eigenvalue weighted by molar-refractivity contribution is 7.87. The number of nitrogen functional groups attached to an aromatic ring is 1. The summed E-state index contributed by atoms with van der Waals surface area (Å²) in [6, 6.07) is -0.897. The van der Waals surface area contributed by atoms with E-state index < -0.39 is 69.5 Å². The molecular weight excluding hydrogens is 499 g/mol. The molecule has 33 heavy (non-hydrogen) atoms. The Bertz CT molecular complexity index is 1180. The fourth-order valence-electron chi connectivity index (χ4n) is 3.38. The monoisotopic (exact) mass is 513 g/mol. The van der Waals surface area contributed by atoms with Crippen LogP contribution in [0, 0.1) is 5.92 Å². The van der Waals surface area contributed by atoms with Crippen molar-refractivity contribution in [3.63, 3.8) is 0 Å². The van der Waals surface area contributed by atoms with Gasteiger partial charge >= 0.3 is 21.6 Å². The average molecular weight is 513 g/mol. The predicted molar refractivity (Wildman–Crippen MR) is 102 cm³/mol. The fraction of sp³-hybridized carbons (Fsp3) is 0.467. The Morgan fingerprint density at radius 3 is 2.58 bits per heavy atom. The number of Topliss-reactive ketones (excluding diaryl/α,β-unsaturated/α-hetero) is 1. The maximum Gasteiger partial charge on any atom is 0.534 e. The number of nitrogens with two attached hydrogens (primary N) is 1. The number of β-lactam (4-membered cyclic amide) rings is 1. The maximum absolute atomic E-state index is 12.7. The van der Waals surface area contributed by atoms with Crippen LogP contribution in [0.15, 0.2) is 16.6 Å². The zero-order valence-electron chi connectivity index (χ0n) is 16.4. The molecule has 1 amide bonds. The molecule has 0 spiro atoms. The Hall–Kier alpha value is -3.28. The van der Waals surface area contributed by atoms with E-state index in [9.17, 15) is 41.1 Å². The standard InChI is InChI=1S/C15H14F3N5O8S2/c1-30-21-9(11-20-14(19)32-22-11)7(24)4-5-6-2-3-8(31-33(28,29)15(16,17)18)10(13(26)27)23(6)12(5)25/h5-6H,2-4H2,1H3,(H,26,27)(H2,19,20,22)/b21-9+/t5-,6+/m0/s1. The van der Waals surface area contributed by atoms with Crippen LogP contribution < -0.4 is 5.73 Å². The predicted octanol–water partition coefficient (Wildman–Crippen LogP) is 0.213. The van der Waals surface area contributed by atoms with Crippen molar-refractivity contribution in [1.29, 1.82) is 0 Å². The normalized spacial score (nSPS) is 21.4. The fourth-order valence-corrected chi connectivity index (χ4v) is 4.34. The second-order valence-electron chi connectivity index (χ2n) is 6.69. The molecule has 0 unspecified atom stereocenters. The summed E-state index contributed by atoms with van der Waals surface area (Å²) in [6.07, 6.45) is -1.15. The summed E-state index contributed by atoms with van der Waals surface area (Å²) in [7, 11) is -4.99. The highest BCUT2D eigenvalue weighted by atomic mass is 32.2. The van der Waals surface area contributed by atoms with E-state index in [0.717, 1.165) is 18.6 Å². The number of aliphatic carboxylic acids is 1. The highest BCUT2D eigenvalue weighted by Gasteiger charge is 2.56. The number of hydrogen-bond acceptors (Lipinski definition) is 12. The first-order chi connectivity index (χ1) is 15.3. The van der Waals surface area contributed by atoms with E-state index in [-0.39, 0.29) is 23.1 Å². The van der Waals surface area contributed by atoms with Crippen molar-refractivity contribution in [1.82, 2.24) is 14.3 Å². The molecule has 180 valence electrons. The van der Waals surface area contributed by atoms with E-state index in [0.29, 0.717) is 4.90 Å². The smallest absolute Gasteiger partial charge is 0.476 e. The number of hydrogen-bond donors (Lipinski definition) is 2. The van der Waals surface area contributed by atoms with E-state index in [1.54, 1.807) is 0 Å². The first kappa shape index (κ1) is 24.4. The number of carbonyl (C=O) groups excluding carboxylic acids is 2. The second-order valence-corrected chi connectivity index (χ2v) is 9.01. The number of rotatable bonds is 8. The third kappa shape index (κ3) is 4.47. The van der Waals surface area contributed by atoms with Crippen molar-refractivity contribution >= 4 is 50.2 Å². The molecule has 1 saturated heterocycles. The van der Waals surface area contributed by atoms with Crippen LogP contribution in [0.4, 0.5) is 18.3 Å². The van der Waals surface area contributed by atoms with E-state index in [2.05, 4.69) is 23.5 Å². The van der Waals surface area contributed by atoms with Gasteiger partial charge in [-0.1, -0.05) is 5.16 Å². The van der Waals surface area contributed by atoms with Gasteiger partial charge in [0, 0.05) is 30.4 Å². The summed E-state index contributed by atoms with van der Waals surface area (Å²) in [4.78, 5) is 45.9. The lowest BCUT2D eigenvalue weighted by Crippen LogP contribution is -2.63. The third-order valence-electron chi connectivity index (χ3n) is 4.72. The quantitative estimate of drug-likeness (QED) is 0.159. The van der Waals surface area contributed by atoms with Gasteiger partial charge in [-0.05, 0) is 6.42 Å². The van der Waals surface area contributed by atoms with Gasteiger partial charge in [0.2, 0.25) is 11.7 Å². The molecule has 1 aromatic rings. The minimum absolute atomic E-state index is 0.0392. The molecule has 1 fully saturated rings. The number of oxime groups is 1. The first-order valence-electron chi connectivity index (χ1n) is 8.82. The number of allylic oxidation sites excluding steroid dienone is 1. The molecule has 0 radical (unpaired) electrons. The van der Waals surface area contributed by atoms with Gasteiger partial charge < -0.3 is 19.9 Å². The highest BCUT2D eigenvalue weighted by Crippen LogP contribution is 2.43. The molecular formula is C15H14F3N5O8S2. The molecule has 2 aliphatic rings. The van der Waals surface area contributed by atoms with Crippen LogP contribution >= 0.6 is 11.5 Å². The largest absolute Gasteiger partial charge is 0.534 e. The number of amides is 1. The molecule has 3 N–H and O–H groups in total. The van der Waals surface area contributed by atoms with Crippen molar-refractivity contribution in [2.45, 2.75) is 30.8 Å². The summed E-state index contributed by atoms with van der Waals surface area (Å²) < 4.78 is 68.3.